The molecule has 188 valence electrons. The van der Waals surface area contributed by atoms with Crippen LogP contribution in [0, 0.1) is 0 Å². The number of amides is 1. The number of benzene rings is 2. The zero-order valence-electron chi connectivity index (χ0n) is 19.9. The molecule has 0 aliphatic carbocycles. The third-order valence-corrected chi connectivity index (χ3v) is 9.75. The van der Waals surface area contributed by atoms with E-state index >= 15 is 0 Å². The Morgan fingerprint density at radius 3 is 2.61 bits per heavy atom. The molecule has 0 bridgehead atoms. The fraction of sp³-hybridized carbons (Fsp3) is 0.385. The minimum atomic E-state index is -2.89. The van der Waals surface area contributed by atoms with Crippen molar-refractivity contribution in [2.75, 3.05) is 59.0 Å². The number of carbonyl (C=O) groups excluding carboxylic acids is 1. The summed E-state index contributed by atoms with van der Waals surface area (Å²) < 4.78 is 28.6. The summed E-state index contributed by atoms with van der Waals surface area (Å²) in [4.78, 5) is 24.1. The summed E-state index contributed by atoms with van der Waals surface area (Å²) in [5.41, 5.74) is 5.72. The molecule has 4 heterocycles. The van der Waals surface area contributed by atoms with Crippen LogP contribution in [0.1, 0.15) is 21.6 Å². The fourth-order valence-corrected chi connectivity index (χ4v) is 7.23. The molecule has 2 aromatic carbocycles. The summed E-state index contributed by atoms with van der Waals surface area (Å²) >= 11 is 1.72. The van der Waals surface area contributed by atoms with E-state index in [9.17, 15) is 13.2 Å². The zero-order valence-corrected chi connectivity index (χ0v) is 21.6. The van der Waals surface area contributed by atoms with Gasteiger partial charge in [0.25, 0.3) is 0 Å². The van der Waals surface area contributed by atoms with Crippen LogP contribution in [0.4, 0.5) is 21.3 Å². The van der Waals surface area contributed by atoms with Crippen molar-refractivity contribution in [3.05, 3.63) is 70.2 Å². The molecule has 3 aliphatic heterocycles. The quantitative estimate of drug-likeness (QED) is 0.505. The van der Waals surface area contributed by atoms with Crippen molar-refractivity contribution in [3.63, 3.8) is 0 Å². The topological polar surface area (TPSA) is 83.1 Å². The van der Waals surface area contributed by atoms with E-state index in [-0.39, 0.29) is 17.6 Å². The Balaban J connectivity index is 1.14. The third kappa shape index (κ3) is 4.79. The van der Waals surface area contributed by atoms with Gasteiger partial charge in [0.05, 0.1) is 18.1 Å². The number of rotatable bonds is 5. The normalized spacial score (nSPS) is 19.3. The molecule has 8 nitrogen and oxygen atoms in total. The third-order valence-electron chi connectivity index (χ3n) is 7.08. The summed E-state index contributed by atoms with van der Waals surface area (Å²) in [7, 11) is -2.89. The number of nitrogens with zero attached hydrogens (tertiary/aromatic N) is 4. The Bertz CT molecular complexity index is 1390. The van der Waals surface area contributed by atoms with Crippen molar-refractivity contribution in [1.82, 2.24) is 4.98 Å². The molecule has 36 heavy (non-hydrogen) atoms. The smallest absolute Gasteiger partial charge is 0.414 e. The van der Waals surface area contributed by atoms with Gasteiger partial charge in [-0.25, -0.2) is 18.2 Å². The van der Waals surface area contributed by atoms with Gasteiger partial charge >= 0.3 is 6.09 Å². The van der Waals surface area contributed by atoms with Gasteiger partial charge in [-0.2, -0.15) is 0 Å². The van der Waals surface area contributed by atoms with Gasteiger partial charge in [0.2, 0.25) is 0 Å². The predicted molar refractivity (Wildman–Crippen MR) is 142 cm³/mol. The molecule has 6 rings (SSSR count). The molecule has 1 aromatic heterocycles. The molecule has 1 amide bonds. The molecule has 0 spiro atoms. The van der Waals surface area contributed by atoms with Crippen molar-refractivity contribution in [2.45, 2.75) is 19.4 Å². The molecule has 3 aliphatic rings. The average molecular weight is 525 g/mol. The molecule has 3 aromatic rings. The highest BCUT2D eigenvalue weighted by Gasteiger charge is 2.26. The van der Waals surface area contributed by atoms with E-state index in [0.717, 1.165) is 42.4 Å². The fourth-order valence-electron chi connectivity index (χ4n) is 5.06. The maximum atomic E-state index is 12.0. The lowest BCUT2D eigenvalue weighted by Crippen LogP contribution is -2.40. The maximum Gasteiger partial charge on any atom is 0.414 e. The highest BCUT2D eigenvalue weighted by Crippen LogP contribution is 2.32. The number of carbonyl (C=O) groups is 1. The van der Waals surface area contributed by atoms with E-state index in [0.29, 0.717) is 26.2 Å². The second-order valence-electron chi connectivity index (χ2n) is 9.49. The van der Waals surface area contributed by atoms with Crippen LogP contribution in [0.2, 0.25) is 0 Å². The Morgan fingerprint density at radius 1 is 0.944 bits per heavy atom. The van der Waals surface area contributed by atoms with Gasteiger partial charge in [0, 0.05) is 55.0 Å². The Kier molecular flexibility index (Phi) is 6.08. The Labute approximate surface area is 215 Å². The number of thiazole rings is 1. The zero-order chi connectivity index (χ0) is 24.7. The Morgan fingerprint density at radius 2 is 1.81 bits per heavy atom. The van der Waals surface area contributed by atoms with E-state index in [2.05, 4.69) is 40.1 Å². The molecule has 0 radical (unpaired) electrons. The maximum absolute atomic E-state index is 12.0. The first-order valence-corrected chi connectivity index (χ1v) is 14.9. The number of hydrogen-bond acceptors (Lipinski definition) is 8. The molecular weight excluding hydrogens is 496 g/mol. The largest absolute Gasteiger partial charge is 0.447 e. The first-order valence-electron chi connectivity index (χ1n) is 12.2. The second-order valence-corrected chi connectivity index (χ2v) is 12.9. The molecule has 0 unspecified atom stereocenters. The van der Waals surface area contributed by atoms with Crippen molar-refractivity contribution in [3.8, 4) is 0 Å². The van der Waals surface area contributed by atoms with Crippen LogP contribution in [0.5, 0.6) is 0 Å². The summed E-state index contributed by atoms with van der Waals surface area (Å²) in [6.07, 6.45) is 3.43. The molecule has 10 heteroatoms. The van der Waals surface area contributed by atoms with Crippen LogP contribution in [0.25, 0.3) is 0 Å². The highest BCUT2D eigenvalue weighted by molar-refractivity contribution is 7.91. The summed E-state index contributed by atoms with van der Waals surface area (Å²) in [5, 5.41) is 1.01. The molecule has 0 atom stereocenters. The summed E-state index contributed by atoms with van der Waals surface area (Å²) in [6, 6.07) is 14.6. The van der Waals surface area contributed by atoms with Gasteiger partial charge in [0.15, 0.2) is 15.0 Å². The van der Waals surface area contributed by atoms with Crippen molar-refractivity contribution < 1.29 is 17.9 Å². The minimum Gasteiger partial charge on any atom is -0.447 e. The number of fused-ring (bicyclic) bond motifs is 1. The number of aromatic nitrogens is 1. The van der Waals surface area contributed by atoms with E-state index in [1.54, 1.807) is 16.2 Å². The van der Waals surface area contributed by atoms with E-state index in [4.69, 9.17) is 9.72 Å². The predicted octanol–water partition coefficient (Wildman–Crippen LogP) is 3.49. The van der Waals surface area contributed by atoms with Crippen LogP contribution in [0.3, 0.4) is 0 Å². The molecule has 0 N–H and O–H groups in total. The van der Waals surface area contributed by atoms with E-state index < -0.39 is 9.84 Å². The standard InChI is InChI=1S/C26H28N4O4S2/c31-26-30(8-11-34-26)23-5-4-20-6-7-29(18-21(20)16-23)25-27-17-24(35-25)15-19-2-1-3-22(14-19)28-9-12-36(32,33)13-10-28/h1-5,14,16-17H,6-13,15,18H2. The summed E-state index contributed by atoms with van der Waals surface area (Å²) in [5.74, 6) is 0.440. The highest BCUT2D eigenvalue weighted by atomic mass is 32.2. The molecule has 2 fully saturated rings. The number of sulfone groups is 1. The number of cyclic esters (lactones) is 1. The van der Waals surface area contributed by atoms with Gasteiger partial charge in [-0.15, -0.1) is 11.3 Å². The monoisotopic (exact) mass is 524 g/mol. The Hall–Kier alpha value is -3.11. The first-order chi connectivity index (χ1) is 17.4. The van der Waals surface area contributed by atoms with E-state index in [1.165, 1.54) is 21.6 Å². The van der Waals surface area contributed by atoms with Crippen LogP contribution in [-0.4, -0.2) is 63.8 Å². The van der Waals surface area contributed by atoms with Crippen molar-refractivity contribution >= 4 is 43.8 Å². The van der Waals surface area contributed by atoms with Gasteiger partial charge in [-0.3, -0.25) is 4.90 Å². The summed E-state index contributed by atoms with van der Waals surface area (Å²) in [6.45, 7) is 3.81. The van der Waals surface area contributed by atoms with Crippen LogP contribution >= 0.6 is 11.3 Å². The van der Waals surface area contributed by atoms with Gasteiger partial charge < -0.3 is 14.5 Å². The molecular formula is C26H28N4O4S2. The van der Waals surface area contributed by atoms with Crippen molar-refractivity contribution in [2.24, 2.45) is 0 Å². The lowest BCUT2D eigenvalue weighted by atomic mass is 9.99. The number of ether oxygens (including phenoxy) is 1. The molecule has 0 saturated carbocycles. The van der Waals surface area contributed by atoms with Crippen molar-refractivity contribution in [1.29, 1.82) is 0 Å². The van der Waals surface area contributed by atoms with Crippen LogP contribution in [-0.2, 0) is 34.0 Å². The minimum absolute atomic E-state index is 0.220. The van der Waals surface area contributed by atoms with Crippen LogP contribution < -0.4 is 14.7 Å². The number of hydrogen-bond donors (Lipinski definition) is 0. The average Bonchev–Trinajstić information content (AvgIpc) is 3.52. The van der Waals surface area contributed by atoms with Gasteiger partial charge in [-0.1, -0.05) is 18.2 Å². The lowest BCUT2D eigenvalue weighted by molar-refractivity contribution is 0.181. The van der Waals surface area contributed by atoms with Crippen LogP contribution in [0.15, 0.2) is 48.7 Å². The first kappa shape index (κ1) is 23.3. The van der Waals surface area contributed by atoms with Gasteiger partial charge in [0.1, 0.15) is 6.61 Å². The van der Waals surface area contributed by atoms with E-state index in [1.807, 2.05) is 18.3 Å². The van der Waals surface area contributed by atoms with Gasteiger partial charge in [-0.05, 0) is 47.4 Å². The SMILES string of the molecule is O=C1OCCN1c1ccc2c(c1)CN(c1ncc(Cc3cccc(N4CCS(=O)(=O)CC4)c3)s1)CC2. The lowest BCUT2D eigenvalue weighted by Gasteiger charge is -2.29. The number of anilines is 3. The second kappa shape index (κ2) is 9.40. The molecule has 2 saturated heterocycles.